The number of nitrogens with two attached hydrogens (primary N) is 1. The molecule has 3 aromatic rings. The van der Waals surface area contributed by atoms with Crippen LogP contribution in [-0.4, -0.2) is 32.4 Å². The van der Waals surface area contributed by atoms with Crippen molar-refractivity contribution >= 4 is 16.6 Å². The summed E-state index contributed by atoms with van der Waals surface area (Å²) in [5.74, 6) is 1.26. The fourth-order valence-electron chi connectivity index (χ4n) is 3.75. The Morgan fingerprint density at radius 3 is 2.58 bits per heavy atom. The van der Waals surface area contributed by atoms with Crippen LogP contribution in [0.2, 0.25) is 0 Å². The number of benzene rings is 2. The predicted molar refractivity (Wildman–Crippen MR) is 123 cm³/mol. The molecule has 0 amide bonds. The molecule has 0 fully saturated rings. The Hall–Kier alpha value is -3.30. The number of hydrogen-bond acceptors (Lipinski definition) is 6. The van der Waals surface area contributed by atoms with Crippen LogP contribution in [0.5, 0.6) is 11.6 Å². The molecule has 162 valence electrons. The van der Waals surface area contributed by atoms with Gasteiger partial charge in [0, 0.05) is 29.3 Å². The Morgan fingerprint density at radius 2 is 1.94 bits per heavy atom. The predicted octanol–water partition coefficient (Wildman–Crippen LogP) is 4.44. The molecule has 3 rings (SSSR count). The molecular weight excluding hydrogens is 390 g/mol. The van der Waals surface area contributed by atoms with Crippen molar-refractivity contribution in [3.05, 3.63) is 59.2 Å². The highest BCUT2D eigenvalue weighted by atomic mass is 16.5. The molecule has 0 bridgehead atoms. The summed E-state index contributed by atoms with van der Waals surface area (Å²) in [7, 11) is 3.25. The van der Waals surface area contributed by atoms with E-state index in [2.05, 4.69) is 19.1 Å². The van der Waals surface area contributed by atoms with Gasteiger partial charge in [0.2, 0.25) is 5.88 Å². The third kappa shape index (κ3) is 4.89. The monoisotopic (exact) mass is 419 g/mol. The van der Waals surface area contributed by atoms with Crippen molar-refractivity contribution in [2.75, 3.05) is 33.2 Å². The molecule has 0 saturated carbocycles. The van der Waals surface area contributed by atoms with Crippen LogP contribution in [0.3, 0.4) is 0 Å². The van der Waals surface area contributed by atoms with E-state index in [9.17, 15) is 5.26 Å². The first-order chi connectivity index (χ1) is 14.9. The lowest BCUT2D eigenvalue weighted by Crippen LogP contribution is -2.24. The Balaban J connectivity index is 2.15. The fourth-order valence-corrected chi connectivity index (χ4v) is 3.75. The first kappa shape index (κ1) is 22.4. The lowest BCUT2D eigenvalue weighted by Gasteiger charge is -2.26. The Labute approximate surface area is 183 Å². The Bertz CT molecular complexity index is 1110. The van der Waals surface area contributed by atoms with E-state index in [0.29, 0.717) is 37.0 Å². The second-order valence-corrected chi connectivity index (χ2v) is 7.76. The summed E-state index contributed by atoms with van der Waals surface area (Å²) < 4.78 is 16.7. The van der Waals surface area contributed by atoms with Crippen molar-refractivity contribution in [3.8, 4) is 17.7 Å². The maximum atomic E-state index is 10.2. The second kappa shape index (κ2) is 9.67. The van der Waals surface area contributed by atoms with Crippen molar-refractivity contribution in [2.45, 2.75) is 32.1 Å². The number of fused-ring (bicyclic) bond motifs is 1. The van der Waals surface area contributed by atoms with Gasteiger partial charge in [-0.15, -0.1) is 0 Å². The number of aryl methyl sites for hydroxylation is 1. The number of methoxy groups -OCH3 is 2. The first-order valence-corrected chi connectivity index (χ1v) is 10.3. The van der Waals surface area contributed by atoms with Crippen molar-refractivity contribution in [2.24, 2.45) is 0 Å². The normalized spacial score (nSPS) is 12.9. The van der Waals surface area contributed by atoms with Gasteiger partial charge in [0.05, 0.1) is 30.7 Å². The molecule has 6 heteroatoms. The minimum atomic E-state index is -0.845. The van der Waals surface area contributed by atoms with E-state index < -0.39 is 5.41 Å². The largest absolute Gasteiger partial charge is 0.491 e. The van der Waals surface area contributed by atoms with Crippen LogP contribution in [0.25, 0.3) is 10.9 Å². The van der Waals surface area contributed by atoms with Gasteiger partial charge in [-0.3, -0.25) is 0 Å². The molecule has 6 nitrogen and oxygen atoms in total. The van der Waals surface area contributed by atoms with Crippen LogP contribution in [0.1, 0.15) is 30.5 Å². The van der Waals surface area contributed by atoms with Gasteiger partial charge < -0.3 is 19.9 Å². The van der Waals surface area contributed by atoms with E-state index in [-0.39, 0.29) is 0 Å². The zero-order valence-electron chi connectivity index (χ0n) is 18.6. The highest BCUT2D eigenvalue weighted by Gasteiger charge is 2.31. The molecule has 0 radical (unpaired) electrons. The molecule has 0 saturated heterocycles. The quantitative estimate of drug-likeness (QED) is 0.407. The molecule has 31 heavy (non-hydrogen) atoms. The number of hydrogen-bond donors (Lipinski definition) is 1. The summed E-state index contributed by atoms with van der Waals surface area (Å²) in [5, 5.41) is 11.2. The van der Waals surface area contributed by atoms with Gasteiger partial charge in [-0.05, 0) is 55.7 Å². The van der Waals surface area contributed by atoms with Crippen LogP contribution in [0.4, 0.5) is 5.69 Å². The van der Waals surface area contributed by atoms with Crippen LogP contribution in [0, 0.1) is 11.3 Å². The van der Waals surface area contributed by atoms with Gasteiger partial charge in [0.1, 0.15) is 12.4 Å². The number of nitriles is 1. The first-order valence-electron chi connectivity index (χ1n) is 10.3. The molecule has 1 unspecified atom stereocenters. The molecule has 2 aromatic carbocycles. The highest BCUT2D eigenvalue weighted by molar-refractivity contribution is 5.83. The van der Waals surface area contributed by atoms with Crippen LogP contribution in [-0.2, 0) is 23.0 Å². The molecule has 0 aliphatic rings. The molecule has 1 aromatic heterocycles. The van der Waals surface area contributed by atoms with Crippen LogP contribution >= 0.6 is 0 Å². The fraction of sp³-hybridized carbons (Fsp3) is 0.360. The molecule has 1 heterocycles. The summed E-state index contributed by atoms with van der Waals surface area (Å²) in [5.41, 5.74) is 9.33. The summed E-state index contributed by atoms with van der Waals surface area (Å²) in [6, 6.07) is 16.1. The highest BCUT2D eigenvalue weighted by Crippen LogP contribution is 2.38. The number of anilines is 1. The number of pyridine rings is 1. The van der Waals surface area contributed by atoms with E-state index >= 15 is 0 Å². The lowest BCUT2D eigenvalue weighted by molar-refractivity contribution is 0.145. The molecule has 0 aliphatic heterocycles. The van der Waals surface area contributed by atoms with Crippen LogP contribution < -0.4 is 15.2 Å². The third-order valence-corrected chi connectivity index (χ3v) is 5.42. The average Bonchev–Trinajstić information content (AvgIpc) is 2.77. The van der Waals surface area contributed by atoms with Gasteiger partial charge in [0.25, 0.3) is 0 Å². The Morgan fingerprint density at radius 1 is 1.13 bits per heavy atom. The molecule has 2 N–H and O–H groups in total. The van der Waals surface area contributed by atoms with Crippen LogP contribution in [0.15, 0.2) is 42.5 Å². The van der Waals surface area contributed by atoms with Crippen molar-refractivity contribution in [3.63, 3.8) is 0 Å². The maximum absolute atomic E-state index is 10.2. The van der Waals surface area contributed by atoms with Gasteiger partial charge in [-0.25, -0.2) is 4.98 Å². The van der Waals surface area contributed by atoms with E-state index in [4.69, 9.17) is 24.9 Å². The summed E-state index contributed by atoms with van der Waals surface area (Å²) in [4.78, 5) is 4.70. The third-order valence-electron chi connectivity index (χ3n) is 5.42. The lowest BCUT2D eigenvalue weighted by atomic mass is 9.77. The number of aromatic nitrogens is 1. The number of nitrogens with zero attached hydrogens (tertiary/aromatic N) is 2. The minimum absolute atomic E-state index is 0.388. The van der Waals surface area contributed by atoms with E-state index in [1.54, 1.807) is 14.2 Å². The summed E-state index contributed by atoms with van der Waals surface area (Å²) in [6.45, 7) is 4.82. The van der Waals surface area contributed by atoms with Crippen molar-refractivity contribution in [1.82, 2.24) is 4.98 Å². The van der Waals surface area contributed by atoms with E-state index in [1.165, 1.54) is 0 Å². The number of nitrogen functional groups attached to an aromatic ring is 1. The minimum Gasteiger partial charge on any atom is -0.491 e. The van der Waals surface area contributed by atoms with Crippen molar-refractivity contribution < 1.29 is 14.2 Å². The van der Waals surface area contributed by atoms with Gasteiger partial charge in [-0.2, -0.15) is 5.26 Å². The molecule has 0 spiro atoms. The average molecular weight is 420 g/mol. The SMILES string of the molecule is CCc1cc2cc(OCCOC)c(C(C)(C#N)Cc3cccc(N)c3)cc2nc1OC. The zero-order chi connectivity index (χ0) is 22.4. The smallest absolute Gasteiger partial charge is 0.216 e. The number of rotatable bonds is 9. The van der Waals surface area contributed by atoms with Gasteiger partial charge in [0.15, 0.2) is 0 Å². The molecule has 0 aliphatic carbocycles. The second-order valence-electron chi connectivity index (χ2n) is 7.76. The van der Waals surface area contributed by atoms with Crippen molar-refractivity contribution in [1.29, 1.82) is 5.26 Å². The summed E-state index contributed by atoms with van der Waals surface area (Å²) >= 11 is 0. The van der Waals surface area contributed by atoms with E-state index in [1.807, 2.05) is 43.3 Å². The number of ether oxygens (including phenoxy) is 3. The van der Waals surface area contributed by atoms with Gasteiger partial charge in [-0.1, -0.05) is 19.1 Å². The maximum Gasteiger partial charge on any atom is 0.216 e. The zero-order valence-corrected chi connectivity index (χ0v) is 18.6. The summed E-state index contributed by atoms with van der Waals surface area (Å²) in [6.07, 6.45) is 1.30. The Kier molecular flexibility index (Phi) is 6.98. The van der Waals surface area contributed by atoms with Gasteiger partial charge >= 0.3 is 0 Å². The molecular formula is C25H29N3O3. The van der Waals surface area contributed by atoms with E-state index in [0.717, 1.165) is 34.0 Å². The standard InChI is InChI=1S/C25H29N3O3/c1-5-18-12-19-13-23(31-10-9-29-3)21(14-22(19)28-24(18)30-4)25(2,16-26)15-17-7-6-8-20(27)11-17/h6-8,11-14H,5,9-10,15,27H2,1-4H3. The molecule has 1 atom stereocenters. The topological polar surface area (TPSA) is 90.4 Å².